The molecule has 4 rings (SSSR count). The third-order valence-electron chi connectivity index (χ3n) is 5.87. The van der Waals surface area contributed by atoms with Crippen LogP contribution in [0.2, 0.25) is 0 Å². The minimum Gasteiger partial charge on any atom is -0.496 e. The summed E-state index contributed by atoms with van der Waals surface area (Å²) >= 11 is 0. The minimum atomic E-state index is -0.0531. The molecule has 6 heteroatoms. The van der Waals surface area contributed by atoms with Gasteiger partial charge < -0.3 is 19.1 Å². The molecule has 0 aliphatic carbocycles. The van der Waals surface area contributed by atoms with E-state index in [1.165, 1.54) is 16.3 Å². The van der Waals surface area contributed by atoms with Crippen LogP contribution < -0.4 is 14.2 Å². The molecule has 0 N–H and O–H groups in total. The van der Waals surface area contributed by atoms with E-state index in [0.717, 1.165) is 19.6 Å². The van der Waals surface area contributed by atoms with Crippen LogP contribution in [0.15, 0.2) is 54.6 Å². The molecule has 1 fully saturated rings. The Morgan fingerprint density at radius 3 is 2.16 bits per heavy atom. The van der Waals surface area contributed by atoms with Crippen molar-refractivity contribution >= 4 is 16.7 Å². The van der Waals surface area contributed by atoms with Crippen LogP contribution in [0, 0.1) is 0 Å². The second-order valence-electron chi connectivity index (χ2n) is 7.61. The Labute approximate surface area is 182 Å². The molecule has 0 radical (unpaired) electrons. The minimum absolute atomic E-state index is 0.0531. The lowest BCUT2D eigenvalue weighted by Crippen LogP contribution is -2.48. The highest BCUT2D eigenvalue weighted by Gasteiger charge is 2.26. The maximum atomic E-state index is 13.2. The van der Waals surface area contributed by atoms with Crippen LogP contribution in [0.1, 0.15) is 15.9 Å². The molecular formula is C25H28N2O4. The van der Waals surface area contributed by atoms with Gasteiger partial charge in [0.2, 0.25) is 0 Å². The van der Waals surface area contributed by atoms with Crippen LogP contribution in [-0.2, 0) is 6.54 Å². The van der Waals surface area contributed by atoms with Crippen molar-refractivity contribution in [3.8, 4) is 17.2 Å². The van der Waals surface area contributed by atoms with E-state index in [0.29, 0.717) is 35.9 Å². The molecule has 1 amide bonds. The number of benzene rings is 3. The van der Waals surface area contributed by atoms with Crippen LogP contribution in [0.3, 0.4) is 0 Å². The average molecular weight is 421 g/mol. The molecule has 3 aromatic carbocycles. The number of carbonyl (C=O) groups is 1. The van der Waals surface area contributed by atoms with Gasteiger partial charge in [-0.2, -0.15) is 0 Å². The van der Waals surface area contributed by atoms with Gasteiger partial charge >= 0.3 is 0 Å². The summed E-state index contributed by atoms with van der Waals surface area (Å²) in [6.45, 7) is 3.86. The molecule has 1 aliphatic rings. The first-order chi connectivity index (χ1) is 15.1. The molecule has 6 nitrogen and oxygen atoms in total. The highest BCUT2D eigenvalue weighted by molar-refractivity contribution is 5.98. The van der Waals surface area contributed by atoms with Crippen LogP contribution in [-0.4, -0.2) is 63.2 Å². The first-order valence-electron chi connectivity index (χ1n) is 10.4. The van der Waals surface area contributed by atoms with Crippen molar-refractivity contribution in [3.05, 3.63) is 65.7 Å². The summed E-state index contributed by atoms with van der Waals surface area (Å²) in [6.07, 6.45) is 0. The summed E-state index contributed by atoms with van der Waals surface area (Å²) in [5.74, 6) is 1.49. The van der Waals surface area contributed by atoms with E-state index >= 15 is 0 Å². The highest BCUT2D eigenvalue weighted by atomic mass is 16.5. The first kappa shape index (κ1) is 21.0. The van der Waals surface area contributed by atoms with Crippen molar-refractivity contribution in [2.75, 3.05) is 47.5 Å². The number of methoxy groups -OCH3 is 3. The van der Waals surface area contributed by atoms with Crippen LogP contribution >= 0.6 is 0 Å². The van der Waals surface area contributed by atoms with Gasteiger partial charge in [-0.25, -0.2) is 0 Å². The van der Waals surface area contributed by atoms with Gasteiger partial charge in [0.1, 0.15) is 5.75 Å². The number of carbonyl (C=O) groups excluding carboxylic acids is 1. The number of piperazine rings is 1. The van der Waals surface area contributed by atoms with Crippen molar-refractivity contribution in [3.63, 3.8) is 0 Å². The van der Waals surface area contributed by atoms with Gasteiger partial charge in [0.15, 0.2) is 11.5 Å². The molecule has 3 aromatic rings. The molecule has 1 saturated heterocycles. The Morgan fingerprint density at radius 2 is 1.45 bits per heavy atom. The summed E-state index contributed by atoms with van der Waals surface area (Å²) in [4.78, 5) is 17.5. The third kappa shape index (κ3) is 4.30. The van der Waals surface area contributed by atoms with Gasteiger partial charge in [-0.05, 0) is 16.3 Å². The number of nitrogens with zero attached hydrogens (tertiary/aromatic N) is 2. The van der Waals surface area contributed by atoms with E-state index < -0.39 is 0 Å². The standard InChI is InChI=1S/C25H28N2O4/c1-29-22-16-24(31-3)23(30-2)15-21(22)25(28)27-13-11-26(12-14-27)17-19-9-6-8-18-7-4-5-10-20(18)19/h4-10,15-16H,11-14,17H2,1-3H3. The SMILES string of the molecule is COc1cc(OC)c(C(=O)N2CCN(Cc3cccc4ccccc34)CC2)cc1OC. The lowest BCUT2D eigenvalue weighted by atomic mass is 10.0. The second kappa shape index (κ2) is 9.27. The normalized spacial score (nSPS) is 14.5. The van der Waals surface area contributed by atoms with Crippen LogP contribution in [0.4, 0.5) is 0 Å². The van der Waals surface area contributed by atoms with Crippen LogP contribution in [0.25, 0.3) is 10.8 Å². The zero-order chi connectivity index (χ0) is 21.8. The summed E-state index contributed by atoms with van der Waals surface area (Å²) in [5, 5.41) is 2.55. The third-order valence-corrected chi connectivity index (χ3v) is 5.87. The lowest BCUT2D eigenvalue weighted by Gasteiger charge is -2.35. The van der Waals surface area contributed by atoms with E-state index in [1.54, 1.807) is 33.5 Å². The van der Waals surface area contributed by atoms with Gasteiger partial charge in [0.25, 0.3) is 5.91 Å². The van der Waals surface area contributed by atoms with Gasteiger partial charge in [0.05, 0.1) is 26.9 Å². The van der Waals surface area contributed by atoms with E-state index in [1.807, 2.05) is 4.90 Å². The number of fused-ring (bicyclic) bond motifs is 1. The number of hydrogen-bond donors (Lipinski definition) is 0. The van der Waals surface area contributed by atoms with Crippen molar-refractivity contribution < 1.29 is 19.0 Å². The van der Waals surface area contributed by atoms with E-state index in [2.05, 4.69) is 47.4 Å². The highest BCUT2D eigenvalue weighted by Crippen LogP contribution is 2.35. The smallest absolute Gasteiger partial charge is 0.257 e. The van der Waals surface area contributed by atoms with Crippen molar-refractivity contribution in [1.82, 2.24) is 9.80 Å². The van der Waals surface area contributed by atoms with E-state index in [4.69, 9.17) is 14.2 Å². The zero-order valence-electron chi connectivity index (χ0n) is 18.3. The predicted octanol–water partition coefficient (Wildman–Crippen LogP) is 3.82. The summed E-state index contributed by atoms with van der Waals surface area (Å²) in [6, 6.07) is 18.3. The molecule has 0 spiro atoms. The molecule has 31 heavy (non-hydrogen) atoms. The van der Waals surface area contributed by atoms with E-state index in [-0.39, 0.29) is 5.91 Å². The van der Waals surface area contributed by atoms with Gasteiger partial charge in [0, 0.05) is 44.9 Å². The molecule has 162 valence electrons. The number of hydrogen-bond acceptors (Lipinski definition) is 5. The molecule has 0 atom stereocenters. The fraction of sp³-hybridized carbons (Fsp3) is 0.320. The average Bonchev–Trinajstić information content (AvgIpc) is 2.83. The fourth-order valence-corrected chi connectivity index (χ4v) is 4.15. The van der Waals surface area contributed by atoms with Crippen LogP contribution in [0.5, 0.6) is 17.2 Å². The Morgan fingerprint density at radius 1 is 0.806 bits per heavy atom. The van der Waals surface area contributed by atoms with Crippen molar-refractivity contribution in [2.45, 2.75) is 6.54 Å². The molecule has 0 bridgehead atoms. The molecule has 1 aliphatic heterocycles. The van der Waals surface area contributed by atoms with Crippen molar-refractivity contribution in [1.29, 1.82) is 0 Å². The molecular weight excluding hydrogens is 392 g/mol. The zero-order valence-corrected chi connectivity index (χ0v) is 18.3. The second-order valence-corrected chi connectivity index (χ2v) is 7.61. The predicted molar refractivity (Wildman–Crippen MR) is 121 cm³/mol. The summed E-state index contributed by atoms with van der Waals surface area (Å²) in [7, 11) is 4.68. The van der Waals surface area contributed by atoms with E-state index in [9.17, 15) is 4.79 Å². The molecule has 1 heterocycles. The maximum Gasteiger partial charge on any atom is 0.257 e. The largest absolute Gasteiger partial charge is 0.496 e. The Kier molecular flexibility index (Phi) is 6.28. The van der Waals surface area contributed by atoms with Gasteiger partial charge in [-0.1, -0.05) is 42.5 Å². The molecule has 0 aromatic heterocycles. The van der Waals surface area contributed by atoms with Gasteiger partial charge in [-0.3, -0.25) is 9.69 Å². The summed E-state index contributed by atoms with van der Waals surface area (Å²) < 4.78 is 16.1. The number of rotatable bonds is 6. The lowest BCUT2D eigenvalue weighted by molar-refractivity contribution is 0.0625. The number of amides is 1. The number of ether oxygens (including phenoxy) is 3. The molecule has 0 saturated carbocycles. The Balaban J connectivity index is 1.46. The summed E-state index contributed by atoms with van der Waals surface area (Å²) in [5.41, 5.74) is 1.81. The molecule has 0 unspecified atom stereocenters. The Hall–Kier alpha value is -3.25. The Bertz CT molecular complexity index is 1070. The maximum absolute atomic E-state index is 13.2. The topological polar surface area (TPSA) is 51.2 Å². The first-order valence-corrected chi connectivity index (χ1v) is 10.4. The monoisotopic (exact) mass is 420 g/mol. The van der Waals surface area contributed by atoms with Gasteiger partial charge in [-0.15, -0.1) is 0 Å². The fourth-order valence-electron chi connectivity index (χ4n) is 4.15. The quantitative estimate of drug-likeness (QED) is 0.607. The van der Waals surface area contributed by atoms with Crippen molar-refractivity contribution in [2.24, 2.45) is 0 Å².